The van der Waals surface area contributed by atoms with Crippen LogP contribution in [0.4, 0.5) is 0 Å². The lowest BCUT2D eigenvalue weighted by molar-refractivity contribution is -0.126. The predicted molar refractivity (Wildman–Crippen MR) is 125 cm³/mol. The minimum absolute atomic E-state index is 0.000536. The molecule has 1 atom stereocenters. The van der Waals surface area contributed by atoms with Gasteiger partial charge in [-0.05, 0) is 68.9 Å². The van der Waals surface area contributed by atoms with Crippen molar-refractivity contribution in [3.8, 4) is 5.75 Å². The molecular weight excluding hydrogens is 450 g/mol. The summed E-state index contributed by atoms with van der Waals surface area (Å²) in [6.07, 6.45) is 0.981. The van der Waals surface area contributed by atoms with Gasteiger partial charge in [0.15, 0.2) is 0 Å². The Kier molecular flexibility index (Phi) is 8.16. The van der Waals surface area contributed by atoms with Crippen LogP contribution in [-0.2, 0) is 14.8 Å². The van der Waals surface area contributed by atoms with Crippen LogP contribution in [-0.4, -0.2) is 64.4 Å². The van der Waals surface area contributed by atoms with E-state index in [0.717, 1.165) is 11.3 Å². The number of rotatable bonds is 8. The number of methoxy groups -OCH3 is 1. The summed E-state index contributed by atoms with van der Waals surface area (Å²) in [7, 11) is 1.98. The summed E-state index contributed by atoms with van der Waals surface area (Å²) in [6.45, 7) is 1.09. The molecule has 7 nitrogen and oxygen atoms in total. The highest BCUT2D eigenvalue weighted by Gasteiger charge is 2.32. The van der Waals surface area contributed by atoms with Gasteiger partial charge in [-0.1, -0.05) is 23.7 Å². The van der Waals surface area contributed by atoms with Gasteiger partial charge in [0.25, 0.3) is 0 Å². The van der Waals surface area contributed by atoms with Crippen molar-refractivity contribution in [1.29, 1.82) is 0 Å². The molecule has 1 aliphatic rings. The lowest BCUT2D eigenvalue weighted by Gasteiger charge is -2.31. The number of sulfonamides is 1. The van der Waals surface area contributed by atoms with Gasteiger partial charge in [-0.2, -0.15) is 4.31 Å². The number of nitrogens with zero attached hydrogens (tertiary/aromatic N) is 2. The van der Waals surface area contributed by atoms with Crippen LogP contribution in [0.15, 0.2) is 53.4 Å². The zero-order valence-corrected chi connectivity index (χ0v) is 20.2. The highest BCUT2D eigenvalue weighted by Crippen LogP contribution is 2.26. The fourth-order valence-electron chi connectivity index (χ4n) is 3.90. The molecular formula is C23H30ClN3O4S. The Morgan fingerprint density at radius 1 is 1.19 bits per heavy atom. The van der Waals surface area contributed by atoms with Crippen molar-refractivity contribution < 1.29 is 17.9 Å². The molecule has 1 N–H and O–H groups in total. The molecule has 2 aromatic carbocycles. The number of benzene rings is 2. The summed E-state index contributed by atoms with van der Waals surface area (Å²) in [5.41, 5.74) is 1.05. The summed E-state index contributed by atoms with van der Waals surface area (Å²) in [5.74, 6) is 0.526. The van der Waals surface area contributed by atoms with Crippen LogP contribution in [0.2, 0.25) is 5.02 Å². The minimum atomic E-state index is -3.58. The van der Waals surface area contributed by atoms with Gasteiger partial charge in [0.2, 0.25) is 15.9 Å². The molecule has 3 rings (SSSR count). The van der Waals surface area contributed by atoms with Gasteiger partial charge in [0.1, 0.15) is 5.75 Å². The Hall–Kier alpha value is -2.13. The van der Waals surface area contributed by atoms with Crippen LogP contribution in [0.3, 0.4) is 0 Å². The van der Waals surface area contributed by atoms with Gasteiger partial charge in [0, 0.05) is 30.6 Å². The fourth-order valence-corrected chi connectivity index (χ4v) is 5.50. The maximum absolute atomic E-state index is 12.8. The van der Waals surface area contributed by atoms with Crippen molar-refractivity contribution in [1.82, 2.24) is 14.5 Å². The van der Waals surface area contributed by atoms with Crippen molar-refractivity contribution in [2.24, 2.45) is 5.92 Å². The molecule has 1 amide bonds. The number of hydrogen-bond donors (Lipinski definition) is 1. The van der Waals surface area contributed by atoms with Gasteiger partial charge in [-0.15, -0.1) is 0 Å². The van der Waals surface area contributed by atoms with Crippen LogP contribution >= 0.6 is 11.6 Å². The largest absolute Gasteiger partial charge is 0.497 e. The highest BCUT2D eigenvalue weighted by molar-refractivity contribution is 7.89. The van der Waals surface area contributed by atoms with E-state index in [4.69, 9.17) is 16.3 Å². The molecule has 1 fully saturated rings. The molecule has 0 bridgehead atoms. The van der Waals surface area contributed by atoms with Crippen LogP contribution in [0.5, 0.6) is 5.75 Å². The Balaban J connectivity index is 1.57. The van der Waals surface area contributed by atoms with Gasteiger partial charge in [0.05, 0.1) is 18.0 Å². The second-order valence-electron chi connectivity index (χ2n) is 8.13. The number of halogens is 1. The lowest BCUT2D eigenvalue weighted by atomic mass is 9.97. The van der Waals surface area contributed by atoms with Gasteiger partial charge < -0.3 is 15.0 Å². The van der Waals surface area contributed by atoms with Crippen molar-refractivity contribution in [2.75, 3.05) is 40.8 Å². The second kappa shape index (κ2) is 10.7. The standard InChI is InChI=1S/C23H30ClN3O4S/c1-26(2)22(18-5-4-6-20(15-18)31-3)16-25-23(28)17-11-13-27(14-12-17)32(29,30)21-9-7-19(24)8-10-21/h4-10,15,17,22H,11-14,16H2,1-3H3,(H,25,28)/t22-/m0/s1. The number of nitrogens with one attached hydrogen (secondary N) is 1. The number of carbonyl (C=O) groups excluding carboxylic acids is 1. The summed E-state index contributed by atoms with van der Waals surface area (Å²) >= 11 is 5.86. The van der Waals surface area contributed by atoms with E-state index in [1.165, 1.54) is 16.4 Å². The number of ether oxygens (including phenoxy) is 1. The van der Waals surface area contributed by atoms with E-state index in [-0.39, 0.29) is 22.8 Å². The van der Waals surface area contributed by atoms with Crippen molar-refractivity contribution in [2.45, 2.75) is 23.8 Å². The number of carbonyl (C=O) groups is 1. The Morgan fingerprint density at radius 2 is 1.84 bits per heavy atom. The molecule has 9 heteroatoms. The third kappa shape index (κ3) is 5.81. The SMILES string of the molecule is COc1cccc([C@H](CNC(=O)C2CCN(S(=O)(=O)c3ccc(Cl)cc3)CC2)N(C)C)c1. The van der Waals surface area contributed by atoms with Crippen molar-refractivity contribution in [3.05, 3.63) is 59.1 Å². The molecule has 0 spiro atoms. The summed E-state index contributed by atoms with van der Waals surface area (Å²) in [4.78, 5) is 15.1. The summed E-state index contributed by atoms with van der Waals surface area (Å²) in [6, 6.07) is 14.0. The topological polar surface area (TPSA) is 79.0 Å². The van der Waals surface area contributed by atoms with Crippen LogP contribution in [0.25, 0.3) is 0 Å². The molecule has 1 aliphatic heterocycles. The number of likely N-dealkylation sites (N-methyl/N-ethyl adjacent to an activating group) is 1. The zero-order valence-electron chi connectivity index (χ0n) is 18.6. The molecule has 0 radical (unpaired) electrons. The summed E-state index contributed by atoms with van der Waals surface area (Å²) < 4.78 is 32.4. The van der Waals surface area contributed by atoms with Crippen LogP contribution in [0, 0.1) is 5.92 Å². The molecule has 0 aliphatic carbocycles. The third-order valence-corrected chi connectivity index (χ3v) is 8.01. The lowest BCUT2D eigenvalue weighted by Crippen LogP contribution is -2.44. The number of hydrogen-bond acceptors (Lipinski definition) is 5. The predicted octanol–water partition coefficient (Wildman–Crippen LogP) is 3.17. The second-order valence-corrected chi connectivity index (χ2v) is 10.5. The van der Waals surface area contributed by atoms with Crippen molar-refractivity contribution in [3.63, 3.8) is 0 Å². The first-order valence-electron chi connectivity index (χ1n) is 10.6. The van der Waals surface area contributed by atoms with Gasteiger partial charge in [-0.25, -0.2) is 8.42 Å². The Labute approximate surface area is 195 Å². The zero-order chi connectivity index (χ0) is 23.3. The van der Waals surface area contributed by atoms with Crippen molar-refractivity contribution >= 4 is 27.5 Å². The molecule has 2 aromatic rings. The molecule has 1 saturated heterocycles. The first-order chi connectivity index (χ1) is 15.2. The van der Waals surface area contributed by atoms with E-state index >= 15 is 0 Å². The van der Waals surface area contributed by atoms with E-state index in [0.29, 0.717) is 37.5 Å². The number of amides is 1. The first-order valence-corrected chi connectivity index (χ1v) is 12.4. The van der Waals surface area contributed by atoms with Crippen LogP contribution in [0.1, 0.15) is 24.4 Å². The average Bonchev–Trinajstić information content (AvgIpc) is 2.79. The van der Waals surface area contributed by atoms with E-state index in [9.17, 15) is 13.2 Å². The quantitative estimate of drug-likeness (QED) is 0.629. The van der Waals surface area contributed by atoms with Gasteiger partial charge >= 0.3 is 0 Å². The Morgan fingerprint density at radius 3 is 2.44 bits per heavy atom. The van der Waals surface area contributed by atoms with Gasteiger partial charge in [-0.3, -0.25) is 4.79 Å². The Bertz CT molecular complexity index is 1020. The molecule has 0 aromatic heterocycles. The molecule has 1 heterocycles. The molecule has 0 unspecified atom stereocenters. The monoisotopic (exact) mass is 479 g/mol. The molecule has 32 heavy (non-hydrogen) atoms. The average molecular weight is 480 g/mol. The van der Waals surface area contributed by atoms with E-state index < -0.39 is 10.0 Å². The smallest absolute Gasteiger partial charge is 0.243 e. The highest BCUT2D eigenvalue weighted by atomic mass is 35.5. The fraction of sp³-hybridized carbons (Fsp3) is 0.435. The van der Waals surface area contributed by atoms with E-state index in [2.05, 4.69) is 10.2 Å². The summed E-state index contributed by atoms with van der Waals surface area (Å²) in [5, 5.41) is 3.55. The number of piperidine rings is 1. The van der Waals surface area contributed by atoms with Crippen LogP contribution < -0.4 is 10.1 Å². The normalized spacial score (nSPS) is 16.7. The maximum atomic E-state index is 12.8. The third-order valence-electron chi connectivity index (χ3n) is 5.85. The van der Waals surface area contributed by atoms with E-state index in [1.807, 2.05) is 38.4 Å². The van der Waals surface area contributed by atoms with E-state index in [1.54, 1.807) is 19.2 Å². The molecule has 0 saturated carbocycles. The molecule has 174 valence electrons. The first kappa shape index (κ1) is 24.5. The minimum Gasteiger partial charge on any atom is -0.497 e. The maximum Gasteiger partial charge on any atom is 0.243 e.